The van der Waals surface area contributed by atoms with E-state index in [1.54, 1.807) is 48.8 Å². The van der Waals surface area contributed by atoms with Crippen LogP contribution in [0, 0.1) is 0 Å². The summed E-state index contributed by atoms with van der Waals surface area (Å²) in [4.78, 5) is 15.9. The Kier molecular flexibility index (Phi) is 7.56. The topological polar surface area (TPSA) is 97.8 Å². The Morgan fingerprint density at radius 3 is 2.56 bits per heavy atom. The number of para-hydroxylation sites is 2. The standard InChI is InChI=1S/C18H23N3O5S/c1-25-16-7-3-4-8-17(16)26-14-18(22)20-10-11-21(27(2,23)24)13-15-6-5-9-19-12-15/h3-9,12H,10-11,13-14H2,1-2H3,(H,20,22). The molecule has 1 amide bonds. The molecule has 0 aliphatic carbocycles. The first-order chi connectivity index (χ1) is 12.9. The van der Waals surface area contributed by atoms with Crippen LogP contribution < -0.4 is 14.8 Å². The van der Waals surface area contributed by atoms with Crippen molar-refractivity contribution in [3.63, 3.8) is 0 Å². The molecule has 27 heavy (non-hydrogen) atoms. The Labute approximate surface area is 159 Å². The second-order valence-corrected chi connectivity index (χ2v) is 7.73. The zero-order chi connectivity index (χ0) is 19.7. The number of carbonyl (C=O) groups is 1. The highest BCUT2D eigenvalue weighted by Gasteiger charge is 2.17. The second-order valence-electron chi connectivity index (χ2n) is 5.75. The lowest BCUT2D eigenvalue weighted by Crippen LogP contribution is -2.39. The highest BCUT2D eigenvalue weighted by Crippen LogP contribution is 2.25. The van der Waals surface area contributed by atoms with E-state index in [2.05, 4.69) is 10.3 Å². The van der Waals surface area contributed by atoms with Crippen LogP contribution >= 0.6 is 0 Å². The molecule has 0 saturated carbocycles. The summed E-state index contributed by atoms with van der Waals surface area (Å²) < 4.78 is 35.8. The van der Waals surface area contributed by atoms with Crippen LogP contribution in [-0.4, -0.2) is 56.7 Å². The van der Waals surface area contributed by atoms with E-state index in [1.165, 1.54) is 11.4 Å². The Hall–Kier alpha value is -2.65. The minimum Gasteiger partial charge on any atom is -0.493 e. The maximum Gasteiger partial charge on any atom is 0.257 e. The first-order valence-electron chi connectivity index (χ1n) is 8.26. The molecule has 0 aliphatic heterocycles. The summed E-state index contributed by atoms with van der Waals surface area (Å²) >= 11 is 0. The molecule has 1 aromatic heterocycles. The van der Waals surface area contributed by atoms with Gasteiger partial charge in [-0.2, -0.15) is 4.31 Å². The third-order valence-corrected chi connectivity index (χ3v) is 4.91. The smallest absolute Gasteiger partial charge is 0.257 e. The van der Waals surface area contributed by atoms with Gasteiger partial charge >= 0.3 is 0 Å². The van der Waals surface area contributed by atoms with Gasteiger partial charge in [0.1, 0.15) is 0 Å². The number of hydrogen-bond donors (Lipinski definition) is 1. The predicted molar refractivity (Wildman–Crippen MR) is 101 cm³/mol. The quantitative estimate of drug-likeness (QED) is 0.648. The molecule has 1 N–H and O–H groups in total. The number of methoxy groups -OCH3 is 1. The summed E-state index contributed by atoms with van der Waals surface area (Å²) in [5.41, 5.74) is 0.772. The van der Waals surface area contributed by atoms with Crippen LogP contribution in [0.1, 0.15) is 5.56 Å². The Bertz CT molecular complexity index is 843. The average Bonchev–Trinajstić information content (AvgIpc) is 2.66. The van der Waals surface area contributed by atoms with E-state index in [0.29, 0.717) is 11.5 Å². The molecule has 1 heterocycles. The molecule has 146 valence electrons. The van der Waals surface area contributed by atoms with E-state index >= 15 is 0 Å². The van der Waals surface area contributed by atoms with Crippen molar-refractivity contribution in [2.45, 2.75) is 6.54 Å². The number of pyridine rings is 1. The molecule has 9 heteroatoms. The van der Waals surface area contributed by atoms with Crippen LogP contribution in [0.25, 0.3) is 0 Å². The van der Waals surface area contributed by atoms with Gasteiger partial charge < -0.3 is 14.8 Å². The van der Waals surface area contributed by atoms with Crippen molar-refractivity contribution in [3.8, 4) is 11.5 Å². The second kappa shape index (κ2) is 9.89. The molecule has 0 radical (unpaired) electrons. The van der Waals surface area contributed by atoms with Gasteiger partial charge in [-0.3, -0.25) is 9.78 Å². The molecule has 0 bridgehead atoms. The minimum atomic E-state index is -3.42. The van der Waals surface area contributed by atoms with Crippen molar-refractivity contribution in [2.24, 2.45) is 0 Å². The molecule has 0 fully saturated rings. The van der Waals surface area contributed by atoms with Crippen LogP contribution in [0.5, 0.6) is 11.5 Å². The summed E-state index contributed by atoms with van der Waals surface area (Å²) in [7, 11) is -1.90. The average molecular weight is 393 g/mol. The molecule has 0 aliphatic rings. The lowest BCUT2D eigenvalue weighted by molar-refractivity contribution is -0.123. The predicted octanol–water partition coefficient (Wildman–Crippen LogP) is 1.05. The number of benzene rings is 1. The fourth-order valence-corrected chi connectivity index (χ4v) is 3.12. The molecule has 2 aromatic rings. The highest BCUT2D eigenvalue weighted by molar-refractivity contribution is 7.88. The SMILES string of the molecule is COc1ccccc1OCC(=O)NCCN(Cc1cccnc1)S(C)(=O)=O. The Morgan fingerprint density at radius 1 is 1.19 bits per heavy atom. The van der Waals surface area contributed by atoms with E-state index in [9.17, 15) is 13.2 Å². The van der Waals surface area contributed by atoms with E-state index in [-0.39, 0.29) is 32.1 Å². The van der Waals surface area contributed by atoms with Gasteiger partial charge in [0.2, 0.25) is 10.0 Å². The van der Waals surface area contributed by atoms with E-state index in [0.717, 1.165) is 11.8 Å². The van der Waals surface area contributed by atoms with E-state index in [1.807, 2.05) is 0 Å². The summed E-state index contributed by atoms with van der Waals surface area (Å²) in [6.07, 6.45) is 4.37. The fourth-order valence-electron chi connectivity index (χ4n) is 2.31. The van der Waals surface area contributed by atoms with Crippen LogP contribution in [0.15, 0.2) is 48.8 Å². The highest BCUT2D eigenvalue weighted by atomic mass is 32.2. The van der Waals surface area contributed by atoms with Crippen molar-refractivity contribution >= 4 is 15.9 Å². The van der Waals surface area contributed by atoms with Gasteiger partial charge in [-0.1, -0.05) is 18.2 Å². The number of nitrogens with zero attached hydrogens (tertiary/aromatic N) is 2. The van der Waals surface area contributed by atoms with Crippen LogP contribution in [0.3, 0.4) is 0 Å². The zero-order valence-electron chi connectivity index (χ0n) is 15.3. The number of amides is 1. The first-order valence-corrected chi connectivity index (χ1v) is 10.1. The molecule has 0 spiro atoms. The maximum absolute atomic E-state index is 12.0. The fraction of sp³-hybridized carbons (Fsp3) is 0.333. The third-order valence-electron chi connectivity index (χ3n) is 3.66. The van der Waals surface area contributed by atoms with Crippen molar-refractivity contribution in [1.29, 1.82) is 0 Å². The first kappa shape index (κ1) is 20.7. The molecular formula is C18H23N3O5S. The summed E-state index contributed by atoms with van der Waals surface area (Å²) in [6, 6.07) is 10.5. The van der Waals surface area contributed by atoms with Crippen molar-refractivity contribution < 1.29 is 22.7 Å². The minimum absolute atomic E-state index is 0.147. The lowest BCUT2D eigenvalue weighted by Gasteiger charge is -2.20. The number of sulfonamides is 1. The Balaban J connectivity index is 1.82. The number of ether oxygens (including phenoxy) is 2. The normalized spacial score (nSPS) is 11.2. The van der Waals surface area contributed by atoms with Gasteiger partial charge in [-0.25, -0.2) is 8.42 Å². The maximum atomic E-state index is 12.0. The van der Waals surface area contributed by atoms with Gasteiger partial charge in [0.25, 0.3) is 5.91 Å². The molecular weight excluding hydrogens is 370 g/mol. The number of nitrogens with one attached hydrogen (secondary N) is 1. The van der Waals surface area contributed by atoms with E-state index in [4.69, 9.17) is 9.47 Å². The third kappa shape index (κ3) is 6.87. The van der Waals surface area contributed by atoms with Crippen LogP contribution in [-0.2, 0) is 21.4 Å². The van der Waals surface area contributed by atoms with Gasteiger partial charge in [-0.15, -0.1) is 0 Å². The zero-order valence-corrected chi connectivity index (χ0v) is 16.1. The molecule has 0 saturated heterocycles. The van der Waals surface area contributed by atoms with Gasteiger partial charge in [-0.05, 0) is 23.8 Å². The summed E-state index contributed by atoms with van der Waals surface area (Å²) in [6.45, 7) is 0.317. The number of rotatable bonds is 10. The molecule has 0 atom stereocenters. The van der Waals surface area contributed by atoms with Gasteiger partial charge in [0.05, 0.1) is 13.4 Å². The summed E-state index contributed by atoms with van der Waals surface area (Å²) in [5.74, 6) is 0.644. The summed E-state index contributed by atoms with van der Waals surface area (Å²) in [5, 5.41) is 2.65. The van der Waals surface area contributed by atoms with Crippen molar-refractivity contribution in [3.05, 3.63) is 54.4 Å². The number of aromatic nitrogens is 1. The van der Waals surface area contributed by atoms with Crippen molar-refractivity contribution in [1.82, 2.24) is 14.6 Å². The molecule has 1 aromatic carbocycles. The monoisotopic (exact) mass is 393 g/mol. The largest absolute Gasteiger partial charge is 0.493 e. The van der Waals surface area contributed by atoms with Gasteiger partial charge in [0, 0.05) is 32.0 Å². The number of carbonyl (C=O) groups excluding carboxylic acids is 1. The Morgan fingerprint density at radius 2 is 1.93 bits per heavy atom. The van der Waals surface area contributed by atoms with E-state index < -0.39 is 10.0 Å². The van der Waals surface area contributed by atoms with Crippen molar-refractivity contribution in [2.75, 3.05) is 33.1 Å². The van der Waals surface area contributed by atoms with Crippen LogP contribution in [0.2, 0.25) is 0 Å². The lowest BCUT2D eigenvalue weighted by atomic mass is 10.3. The number of hydrogen-bond acceptors (Lipinski definition) is 6. The molecule has 2 rings (SSSR count). The van der Waals surface area contributed by atoms with Gasteiger partial charge in [0.15, 0.2) is 18.1 Å². The molecule has 8 nitrogen and oxygen atoms in total. The molecule has 0 unspecified atom stereocenters. The van der Waals surface area contributed by atoms with Crippen LogP contribution in [0.4, 0.5) is 0 Å².